The van der Waals surface area contributed by atoms with Crippen molar-refractivity contribution in [3.63, 3.8) is 0 Å². The minimum Gasteiger partial charge on any atom is -0.496 e. The molecular weight excluding hydrogens is 476 g/mol. The highest BCUT2D eigenvalue weighted by Crippen LogP contribution is 2.52. The summed E-state index contributed by atoms with van der Waals surface area (Å²) in [5.74, 6) is 1.47. The van der Waals surface area contributed by atoms with Crippen LogP contribution in [-0.2, 0) is 20.9 Å². The topological polar surface area (TPSA) is 72.8 Å². The molecule has 2 aliphatic carbocycles. The third-order valence-corrected chi connectivity index (χ3v) is 8.10. The monoisotopic (exact) mass is 506 g/mol. The van der Waals surface area contributed by atoms with Gasteiger partial charge in [0.2, 0.25) is 0 Å². The summed E-state index contributed by atoms with van der Waals surface area (Å²) in [5, 5.41) is 10.0. The molecule has 192 valence electrons. The number of Topliss-reactive ketones (excluding diaryl/α,β-unsaturated/α-hetero) is 2. The highest BCUT2D eigenvalue weighted by Gasteiger charge is 2.45. The molecule has 38 heavy (non-hydrogen) atoms. The van der Waals surface area contributed by atoms with Crippen LogP contribution >= 0.6 is 0 Å². The fourth-order valence-corrected chi connectivity index (χ4v) is 6.28. The third-order valence-electron chi connectivity index (χ3n) is 8.10. The predicted molar refractivity (Wildman–Crippen MR) is 144 cm³/mol. The summed E-state index contributed by atoms with van der Waals surface area (Å²) in [6.07, 6.45) is 1.95. The summed E-state index contributed by atoms with van der Waals surface area (Å²) in [5.41, 5.74) is 4.81. The summed E-state index contributed by atoms with van der Waals surface area (Å²) in [6, 6.07) is 25.7. The molecule has 3 aromatic carbocycles. The summed E-state index contributed by atoms with van der Waals surface area (Å²) >= 11 is 0. The van der Waals surface area contributed by atoms with Crippen LogP contribution in [0.15, 0.2) is 102 Å². The van der Waals surface area contributed by atoms with Gasteiger partial charge in [0.25, 0.3) is 0 Å². The molecule has 0 fully saturated rings. The Bertz CT molecular complexity index is 1370. The number of benzene rings is 3. The molecular formula is C33H30O5. The molecule has 5 nitrogen and oxygen atoms in total. The molecule has 1 aliphatic heterocycles. The lowest BCUT2D eigenvalue weighted by Gasteiger charge is -2.39. The van der Waals surface area contributed by atoms with E-state index in [1.807, 2.05) is 48.5 Å². The van der Waals surface area contributed by atoms with Crippen molar-refractivity contribution in [2.75, 3.05) is 7.11 Å². The first-order valence-corrected chi connectivity index (χ1v) is 13.1. The highest BCUT2D eigenvalue weighted by molar-refractivity contribution is 6.06. The molecule has 0 aromatic heterocycles. The molecule has 5 heteroatoms. The number of ketones is 2. The molecule has 3 aromatic rings. The van der Waals surface area contributed by atoms with Gasteiger partial charge in [0, 0.05) is 48.3 Å². The van der Waals surface area contributed by atoms with Gasteiger partial charge in [-0.15, -0.1) is 0 Å². The Balaban J connectivity index is 1.46. The highest BCUT2D eigenvalue weighted by atomic mass is 16.5. The molecule has 0 saturated carbocycles. The zero-order valence-corrected chi connectivity index (χ0v) is 21.4. The zero-order valence-electron chi connectivity index (χ0n) is 21.4. The van der Waals surface area contributed by atoms with Crippen molar-refractivity contribution in [1.82, 2.24) is 0 Å². The van der Waals surface area contributed by atoms with Gasteiger partial charge in [-0.25, -0.2) is 0 Å². The van der Waals surface area contributed by atoms with Crippen LogP contribution < -0.4 is 4.74 Å². The van der Waals surface area contributed by atoms with Gasteiger partial charge in [-0.05, 0) is 40.7 Å². The molecule has 0 spiro atoms. The van der Waals surface area contributed by atoms with Crippen LogP contribution in [0, 0.1) is 0 Å². The molecule has 1 heterocycles. The Kier molecular flexibility index (Phi) is 6.46. The van der Waals surface area contributed by atoms with Gasteiger partial charge < -0.3 is 14.6 Å². The number of hydrogen-bond donors (Lipinski definition) is 1. The van der Waals surface area contributed by atoms with Gasteiger partial charge in [0.05, 0.1) is 13.7 Å². The van der Waals surface area contributed by atoms with E-state index in [9.17, 15) is 14.7 Å². The Labute approximate surface area is 222 Å². The second kappa shape index (κ2) is 10.1. The van der Waals surface area contributed by atoms with Gasteiger partial charge in [-0.1, -0.05) is 66.7 Å². The lowest BCUT2D eigenvalue weighted by atomic mass is 9.69. The van der Waals surface area contributed by atoms with Gasteiger partial charge >= 0.3 is 0 Å². The molecule has 0 bridgehead atoms. The van der Waals surface area contributed by atoms with E-state index in [4.69, 9.17) is 9.47 Å². The number of hydrogen-bond acceptors (Lipinski definition) is 5. The number of aliphatic hydroxyl groups excluding tert-OH is 1. The molecule has 0 saturated heterocycles. The van der Waals surface area contributed by atoms with Gasteiger partial charge in [-0.3, -0.25) is 9.59 Å². The predicted octanol–water partition coefficient (Wildman–Crippen LogP) is 6.10. The second-order valence-electron chi connectivity index (χ2n) is 10.3. The van der Waals surface area contributed by atoms with Crippen LogP contribution in [0.2, 0.25) is 0 Å². The SMILES string of the molecule is COc1ccc(C2C3=C(CC(c4ccccc4)CC3=O)OC3=C2C(=O)CC(c2ccccc2)C3)cc1CO. The Morgan fingerprint density at radius 1 is 0.737 bits per heavy atom. The van der Waals surface area contributed by atoms with Crippen molar-refractivity contribution in [3.05, 3.63) is 124 Å². The lowest BCUT2D eigenvalue weighted by molar-refractivity contribution is -0.118. The van der Waals surface area contributed by atoms with Crippen LogP contribution in [-0.4, -0.2) is 23.8 Å². The van der Waals surface area contributed by atoms with Crippen molar-refractivity contribution in [1.29, 1.82) is 0 Å². The molecule has 6 rings (SSSR count). The average Bonchev–Trinajstić information content (AvgIpc) is 2.96. The van der Waals surface area contributed by atoms with Crippen LogP contribution in [0.4, 0.5) is 0 Å². The van der Waals surface area contributed by atoms with Gasteiger partial charge in [-0.2, -0.15) is 0 Å². The molecule has 2 atom stereocenters. The minimum absolute atomic E-state index is 0.0102. The summed E-state index contributed by atoms with van der Waals surface area (Å²) in [7, 11) is 1.56. The zero-order chi connectivity index (χ0) is 26.2. The molecule has 2 unspecified atom stereocenters. The molecule has 3 aliphatic rings. The Hall–Kier alpha value is -3.96. The fourth-order valence-electron chi connectivity index (χ4n) is 6.28. The van der Waals surface area contributed by atoms with Crippen LogP contribution in [0.5, 0.6) is 5.75 Å². The van der Waals surface area contributed by atoms with E-state index in [1.165, 1.54) is 0 Å². The smallest absolute Gasteiger partial charge is 0.163 e. The number of carbonyl (C=O) groups excluding carboxylic acids is 2. The first-order valence-electron chi connectivity index (χ1n) is 13.1. The average molecular weight is 507 g/mol. The van der Waals surface area contributed by atoms with Crippen LogP contribution in [0.25, 0.3) is 0 Å². The summed E-state index contributed by atoms with van der Waals surface area (Å²) in [4.78, 5) is 27.6. The van der Waals surface area contributed by atoms with E-state index < -0.39 is 5.92 Å². The van der Waals surface area contributed by atoms with Crippen molar-refractivity contribution in [2.45, 2.75) is 50.0 Å². The Morgan fingerprint density at radius 3 is 1.74 bits per heavy atom. The number of aliphatic hydroxyl groups is 1. The number of methoxy groups -OCH3 is 1. The van der Waals surface area contributed by atoms with E-state index in [0.717, 1.165) is 16.7 Å². The van der Waals surface area contributed by atoms with Crippen LogP contribution in [0.1, 0.15) is 65.7 Å². The number of ether oxygens (including phenoxy) is 2. The van der Waals surface area contributed by atoms with Crippen molar-refractivity contribution >= 4 is 11.6 Å². The van der Waals surface area contributed by atoms with E-state index in [2.05, 4.69) is 24.3 Å². The van der Waals surface area contributed by atoms with Gasteiger partial charge in [0.1, 0.15) is 17.3 Å². The van der Waals surface area contributed by atoms with E-state index in [1.54, 1.807) is 13.2 Å². The maximum absolute atomic E-state index is 13.8. The standard InChI is InChI=1S/C33H30O5/c1-37-28-13-12-22(14-25(28)19-34)31-32-26(35)15-23(20-8-4-2-5-9-20)17-29(32)38-30-18-24(16-27(36)33(30)31)21-10-6-3-7-11-21/h2-14,23-24,31,34H,15-19H2,1H3. The van der Waals surface area contributed by atoms with Crippen molar-refractivity contribution in [3.8, 4) is 5.75 Å². The third kappa shape index (κ3) is 4.27. The maximum atomic E-state index is 13.8. The van der Waals surface area contributed by atoms with Gasteiger partial charge in [0.15, 0.2) is 11.6 Å². The van der Waals surface area contributed by atoms with E-state index in [-0.39, 0.29) is 30.0 Å². The summed E-state index contributed by atoms with van der Waals surface area (Å²) < 4.78 is 12.0. The lowest BCUT2D eigenvalue weighted by Crippen LogP contribution is -2.33. The van der Waals surface area contributed by atoms with Crippen LogP contribution in [0.3, 0.4) is 0 Å². The molecule has 1 N–H and O–H groups in total. The number of carbonyl (C=O) groups is 2. The largest absolute Gasteiger partial charge is 0.496 e. The normalized spacial score (nSPS) is 23.1. The first-order chi connectivity index (χ1) is 18.6. The first kappa shape index (κ1) is 24.4. The van der Waals surface area contributed by atoms with Crippen molar-refractivity contribution < 1.29 is 24.2 Å². The van der Waals surface area contributed by atoms with E-state index in [0.29, 0.717) is 59.7 Å². The quantitative estimate of drug-likeness (QED) is 0.453. The second-order valence-corrected chi connectivity index (χ2v) is 10.3. The Morgan fingerprint density at radius 2 is 1.26 bits per heavy atom. The van der Waals surface area contributed by atoms with Crippen molar-refractivity contribution in [2.24, 2.45) is 0 Å². The van der Waals surface area contributed by atoms with E-state index >= 15 is 0 Å². The molecule has 0 radical (unpaired) electrons. The number of allylic oxidation sites excluding steroid dienone is 4. The fraction of sp³-hybridized carbons (Fsp3) is 0.273. The maximum Gasteiger partial charge on any atom is 0.163 e. The molecule has 0 amide bonds. The summed E-state index contributed by atoms with van der Waals surface area (Å²) in [6.45, 7) is -0.202. The number of rotatable bonds is 5. The minimum atomic E-state index is -0.515.